The van der Waals surface area contributed by atoms with Gasteiger partial charge in [-0.3, -0.25) is 19.3 Å². The van der Waals surface area contributed by atoms with E-state index >= 15 is 0 Å². The Morgan fingerprint density at radius 3 is 2.54 bits per heavy atom. The zero-order chi connectivity index (χ0) is 26.7. The van der Waals surface area contributed by atoms with Crippen LogP contribution in [0.3, 0.4) is 0 Å². The summed E-state index contributed by atoms with van der Waals surface area (Å²) in [6, 6.07) is 11.6. The molecular weight excluding hydrogens is 477 g/mol. The molecule has 10 nitrogen and oxygen atoms in total. The van der Waals surface area contributed by atoms with E-state index in [9.17, 15) is 29.3 Å². The van der Waals surface area contributed by atoms with Gasteiger partial charge in [-0.25, -0.2) is 4.79 Å². The van der Waals surface area contributed by atoms with E-state index in [2.05, 4.69) is 5.32 Å². The third-order valence-corrected chi connectivity index (χ3v) is 6.90. The Hall–Kier alpha value is -3.70. The number of carbonyl (C=O) groups is 4. The summed E-state index contributed by atoms with van der Waals surface area (Å²) in [6.45, 7) is 4.08. The average molecular weight is 507 g/mol. The number of ketones is 1. The summed E-state index contributed by atoms with van der Waals surface area (Å²) in [6.07, 6.45) is -1.24. The van der Waals surface area contributed by atoms with Gasteiger partial charge < -0.3 is 25.0 Å². The molecule has 1 fully saturated rings. The first-order chi connectivity index (χ1) is 17.7. The van der Waals surface area contributed by atoms with E-state index in [1.807, 2.05) is 25.1 Å². The molecule has 3 N–H and O–H groups in total. The molecule has 2 aliphatic rings. The maximum Gasteiger partial charge on any atom is 0.526 e. The molecule has 4 rings (SSSR count). The molecule has 1 unspecified atom stereocenters. The minimum Gasteiger partial charge on any atom is -0.536 e. The molecule has 37 heavy (non-hydrogen) atoms. The van der Waals surface area contributed by atoms with Crippen LogP contribution in [0.1, 0.15) is 36.1 Å². The minimum absolute atomic E-state index is 0.0299. The number of hydrogen-bond donors (Lipinski definition) is 3. The van der Waals surface area contributed by atoms with E-state index in [1.54, 1.807) is 37.3 Å². The van der Waals surface area contributed by atoms with Crippen LogP contribution in [0.5, 0.6) is 5.75 Å². The SMILES string of the molecule is CCN1CCN(C(=O)N[C@H](C(=O)C[C@H]2Cc3cccc(C)c3OB2O)C(O)c2ccccc2)C(=O)C1=O. The molecule has 2 aromatic carbocycles. The number of piperazine rings is 1. The number of likely N-dealkylation sites (N-methyl/N-ethyl adjacent to an activating group) is 1. The molecule has 11 heteroatoms. The molecule has 2 aliphatic heterocycles. The van der Waals surface area contributed by atoms with Crippen molar-refractivity contribution in [3.8, 4) is 5.75 Å². The van der Waals surface area contributed by atoms with Gasteiger partial charge in [-0.1, -0.05) is 48.5 Å². The number of aliphatic hydroxyl groups excluding tert-OH is 1. The van der Waals surface area contributed by atoms with Crippen LogP contribution in [-0.2, 0) is 20.8 Å². The lowest BCUT2D eigenvalue weighted by Gasteiger charge is -2.34. The van der Waals surface area contributed by atoms with Gasteiger partial charge in [0.15, 0.2) is 5.78 Å². The van der Waals surface area contributed by atoms with Crippen molar-refractivity contribution in [2.75, 3.05) is 19.6 Å². The fourth-order valence-corrected chi connectivity index (χ4v) is 4.76. The van der Waals surface area contributed by atoms with Crippen LogP contribution < -0.4 is 9.97 Å². The summed E-state index contributed by atoms with van der Waals surface area (Å²) >= 11 is 0. The second kappa shape index (κ2) is 11.1. The minimum atomic E-state index is -1.42. The quantitative estimate of drug-likeness (QED) is 0.379. The number of aryl methyl sites for hydroxylation is 1. The van der Waals surface area contributed by atoms with Crippen molar-refractivity contribution in [1.29, 1.82) is 0 Å². The summed E-state index contributed by atoms with van der Waals surface area (Å²) in [5.41, 5.74) is 2.11. The van der Waals surface area contributed by atoms with E-state index in [1.165, 1.54) is 4.90 Å². The highest BCUT2D eigenvalue weighted by Gasteiger charge is 2.41. The Morgan fingerprint density at radius 2 is 1.84 bits per heavy atom. The zero-order valence-electron chi connectivity index (χ0n) is 20.8. The van der Waals surface area contributed by atoms with Gasteiger partial charge in [0, 0.05) is 31.9 Å². The molecular formula is C26H30BN3O7. The molecule has 1 saturated heterocycles. The van der Waals surface area contributed by atoms with E-state index in [0.717, 1.165) is 16.0 Å². The highest BCUT2D eigenvalue weighted by atomic mass is 16.5. The van der Waals surface area contributed by atoms with E-state index in [4.69, 9.17) is 4.65 Å². The van der Waals surface area contributed by atoms with Crippen LogP contribution >= 0.6 is 0 Å². The molecule has 2 heterocycles. The molecule has 4 amide bonds. The van der Waals surface area contributed by atoms with Gasteiger partial charge in [-0.2, -0.15) is 0 Å². The molecule has 0 bridgehead atoms. The summed E-state index contributed by atoms with van der Waals surface area (Å²) in [4.78, 5) is 53.4. The largest absolute Gasteiger partial charge is 0.536 e. The number of benzene rings is 2. The second-order valence-electron chi connectivity index (χ2n) is 9.33. The van der Waals surface area contributed by atoms with Crippen molar-refractivity contribution in [3.05, 3.63) is 65.2 Å². The highest BCUT2D eigenvalue weighted by Crippen LogP contribution is 2.36. The number of hydrogen-bond acceptors (Lipinski definition) is 7. The summed E-state index contributed by atoms with van der Waals surface area (Å²) in [5, 5.41) is 24.2. The number of Topliss-reactive ketones (excluding diaryl/α,β-unsaturated/α-hetero) is 1. The summed E-state index contributed by atoms with van der Waals surface area (Å²) in [5.74, 6) is -2.36. The Morgan fingerprint density at radius 1 is 1.11 bits per heavy atom. The van der Waals surface area contributed by atoms with Gasteiger partial charge in [0.25, 0.3) is 0 Å². The fraction of sp³-hybridized carbons (Fsp3) is 0.385. The molecule has 0 radical (unpaired) electrons. The number of amides is 4. The number of aliphatic hydroxyl groups is 1. The molecule has 3 atom stereocenters. The number of para-hydroxylation sites is 1. The Kier molecular flexibility index (Phi) is 7.94. The van der Waals surface area contributed by atoms with E-state index < -0.39 is 48.7 Å². The second-order valence-corrected chi connectivity index (χ2v) is 9.33. The highest BCUT2D eigenvalue weighted by molar-refractivity contribution is 6.46. The van der Waals surface area contributed by atoms with Crippen molar-refractivity contribution in [3.63, 3.8) is 0 Å². The fourth-order valence-electron chi connectivity index (χ4n) is 4.76. The lowest BCUT2D eigenvalue weighted by atomic mass is 9.64. The van der Waals surface area contributed by atoms with Crippen molar-refractivity contribution in [2.24, 2.45) is 0 Å². The lowest BCUT2D eigenvalue weighted by molar-refractivity contribution is -0.153. The average Bonchev–Trinajstić information content (AvgIpc) is 2.89. The topological polar surface area (TPSA) is 136 Å². The summed E-state index contributed by atoms with van der Waals surface area (Å²) in [7, 11) is -1.25. The molecule has 0 spiro atoms. The predicted molar refractivity (Wildman–Crippen MR) is 135 cm³/mol. The zero-order valence-corrected chi connectivity index (χ0v) is 20.8. The van der Waals surface area contributed by atoms with Gasteiger partial charge in [-0.15, -0.1) is 0 Å². The Balaban J connectivity index is 1.54. The van der Waals surface area contributed by atoms with Crippen molar-refractivity contribution in [2.45, 2.75) is 44.7 Å². The van der Waals surface area contributed by atoms with Crippen molar-refractivity contribution >= 4 is 30.7 Å². The molecule has 0 aromatic heterocycles. The predicted octanol–water partition coefficient (Wildman–Crippen LogP) is 1.24. The number of urea groups is 1. The maximum absolute atomic E-state index is 13.5. The maximum atomic E-state index is 13.5. The first-order valence-corrected chi connectivity index (χ1v) is 12.3. The molecule has 0 aliphatic carbocycles. The first-order valence-electron chi connectivity index (χ1n) is 12.3. The molecule has 194 valence electrons. The lowest BCUT2D eigenvalue weighted by Crippen LogP contribution is -2.60. The first kappa shape index (κ1) is 26.4. The van der Waals surface area contributed by atoms with Crippen LogP contribution in [0.4, 0.5) is 4.79 Å². The van der Waals surface area contributed by atoms with Crippen LogP contribution in [0, 0.1) is 6.92 Å². The van der Waals surface area contributed by atoms with Gasteiger partial charge in [0.2, 0.25) is 0 Å². The molecule has 2 aromatic rings. The van der Waals surface area contributed by atoms with Crippen LogP contribution in [0.25, 0.3) is 0 Å². The van der Waals surface area contributed by atoms with E-state index in [-0.39, 0.29) is 19.5 Å². The van der Waals surface area contributed by atoms with Gasteiger partial charge in [0.05, 0.1) is 0 Å². The number of fused-ring (bicyclic) bond motifs is 1. The van der Waals surface area contributed by atoms with Crippen LogP contribution in [0.15, 0.2) is 48.5 Å². The van der Waals surface area contributed by atoms with Gasteiger partial charge in [0.1, 0.15) is 17.9 Å². The van der Waals surface area contributed by atoms with Crippen molar-refractivity contribution in [1.82, 2.24) is 15.1 Å². The standard InChI is InChI=1S/C26H30BN3O7/c1-3-29-12-13-30(25(34)24(29)33)26(35)28-21(22(32)17-9-5-4-6-10-17)20(31)15-19-14-18-11-7-8-16(2)23(18)37-27(19)36/h4-11,19,21-22,32,36H,3,12-15H2,1-2H3,(H,28,35)/t19-,21-,22?/m1/s1. The smallest absolute Gasteiger partial charge is 0.526 e. The number of nitrogens with zero attached hydrogens (tertiary/aromatic N) is 2. The normalized spacial score (nSPS) is 19.1. The number of rotatable bonds is 7. The van der Waals surface area contributed by atoms with Crippen LogP contribution in [-0.4, -0.2) is 76.4 Å². The third-order valence-electron chi connectivity index (χ3n) is 6.90. The van der Waals surface area contributed by atoms with Gasteiger partial charge >= 0.3 is 25.0 Å². The Labute approximate surface area is 215 Å². The third kappa shape index (κ3) is 5.52. The van der Waals surface area contributed by atoms with E-state index in [0.29, 0.717) is 24.3 Å². The van der Waals surface area contributed by atoms with Crippen molar-refractivity contribution < 1.29 is 34.0 Å². The Bertz CT molecular complexity index is 1190. The number of imide groups is 1. The van der Waals surface area contributed by atoms with Gasteiger partial charge in [-0.05, 0) is 37.0 Å². The monoisotopic (exact) mass is 507 g/mol. The summed E-state index contributed by atoms with van der Waals surface area (Å²) < 4.78 is 5.68. The number of nitrogens with one attached hydrogen (secondary N) is 1. The van der Waals surface area contributed by atoms with Crippen LogP contribution in [0.2, 0.25) is 5.82 Å². The molecule has 0 saturated carbocycles. The number of carbonyl (C=O) groups excluding carboxylic acids is 4.